The quantitative estimate of drug-likeness (QED) is 0.896. The number of carbonyl (C=O) groups is 1. The summed E-state index contributed by atoms with van der Waals surface area (Å²) in [5.41, 5.74) is 6.45. The number of rotatable bonds is 3. The van der Waals surface area contributed by atoms with E-state index in [4.69, 9.17) is 5.73 Å². The smallest absolute Gasteiger partial charge is 0.227 e. The van der Waals surface area contributed by atoms with Crippen LogP contribution < -0.4 is 5.73 Å². The summed E-state index contributed by atoms with van der Waals surface area (Å²) in [5, 5.41) is 0. The summed E-state index contributed by atoms with van der Waals surface area (Å²) in [6.45, 7) is 6.52. The fourth-order valence-corrected chi connectivity index (χ4v) is 4.35. The minimum absolute atomic E-state index is 0.102. The molecule has 1 saturated carbocycles. The second-order valence-corrected chi connectivity index (χ2v) is 8.01. The van der Waals surface area contributed by atoms with E-state index in [1.807, 2.05) is 18.7 Å². The standard InChI is InChI=1S/C20H29F2N3O/c1-14(16-7-6-15(21)13-18(16)22)24-9-11-25(12-10-24)19(26)17-5-3-4-8-20(17,2)23/h6-7,13-14,17H,3-5,8-12,23H2,1-2H3. The van der Waals surface area contributed by atoms with Crippen LogP contribution in [0.15, 0.2) is 18.2 Å². The fraction of sp³-hybridized carbons (Fsp3) is 0.650. The molecule has 0 spiro atoms. The highest BCUT2D eigenvalue weighted by Gasteiger charge is 2.40. The van der Waals surface area contributed by atoms with Crippen molar-refractivity contribution in [2.24, 2.45) is 11.7 Å². The van der Waals surface area contributed by atoms with Crippen molar-refractivity contribution in [1.82, 2.24) is 9.80 Å². The summed E-state index contributed by atoms with van der Waals surface area (Å²) in [4.78, 5) is 17.0. The van der Waals surface area contributed by atoms with Crippen LogP contribution in [0.1, 0.15) is 51.1 Å². The van der Waals surface area contributed by atoms with Crippen LogP contribution in [0.25, 0.3) is 0 Å². The van der Waals surface area contributed by atoms with Gasteiger partial charge in [-0.05, 0) is 32.8 Å². The van der Waals surface area contributed by atoms with Gasteiger partial charge in [-0.15, -0.1) is 0 Å². The van der Waals surface area contributed by atoms with Crippen molar-refractivity contribution < 1.29 is 13.6 Å². The van der Waals surface area contributed by atoms with Crippen LogP contribution in [-0.4, -0.2) is 47.4 Å². The zero-order valence-electron chi connectivity index (χ0n) is 15.7. The topological polar surface area (TPSA) is 49.6 Å². The van der Waals surface area contributed by atoms with Crippen molar-refractivity contribution in [3.8, 4) is 0 Å². The molecule has 0 aromatic heterocycles. The summed E-state index contributed by atoms with van der Waals surface area (Å²) < 4.78 is 27.2. The van der Waals surface area contributed by atoms with Gasteiger partial charge in [0.2, 0.25) is 5.91 Å². The van der Waals surface area contributed by atoms with E-state index in [2.05, 4.69) is 4.90 Å². The highest BCUT2D eigenvalue weighted by atomic mass is 19.1. The average Bonchev–Trinajstić information content (AvgIpc) is 2.60. The van der Waals surface area contributed by atoms with Crippen LogP contribution in [0.5, 0.6) is 0 Å². The molecule has 144 valence electrons. The second-order valence-electron chi connectivity index (χ2n) is 8.01. The second kappa shape index (κ2) is 7.61. The normalized spacial score (nSPS) is 28.8. The SMILES string of the molecule is CC(c1ccc(F)cc1F)N1CCN(C(=O)C2CCCCC2(C)N)CC1. The molecule has 3 atom stereocenters. The minimum Gasteiger partial charge on any atom is -0.340 e. The predicted octanol–water partition coefficient (Wildman–Crippen LogP) is 3.08. The van der Waals surface area contributed by atoms with E-state index in [0.29, 0.717) is 31.7 Å². The molecule has 0 radical (unpaired) electrons. The molecule has 1 aliphatic heterocycles. The minimum atomic E-state index is -0.564. The number of piperazine rings is 1. The van der Waals surface area contributed by atoms with Crippen LogP contribution in [0.4, 0.5) is 8.78 Å². The van der Waals surface area contributed by atoms with Gasteiger partial charge >= 0.3 is 0 Å². The molecule has 6 heteroatoms. The molecular formula is C20H29F2N3O. The molecule has 1 amide bonds. The molecule has 1 heterocycles. The van der Waals surface area contributed by atoms with Crippen LogP contribution in [-0.2, 0) is 4.79 Å². The van der Waals surface area contributed by atoms with E-state index in [1.54, 1.807) is 0 Å². The van der Waals surface area contributed by atoms with Crippen molar-refractivity contribution in [1.29, 1.82) is 0 Å². The monoisotopic (exact) mass is 365 g/mol. The van der Waals surface area contributed by atoms with E-state index in [-0.39, 0.29) is 17.9 Å². The molecule has 26 heavy (non-hydrogen) atoms. The zero-order valence-corrected chi connectivity index (χ0v) is 15.7. The molecular weight excluding hydrogens is 336 g/mol. The lowest BCUT2D eigenvalue weighted by Crippen LogP contribution is -2.57. The van der Waals surface area contributed by atoms with Gasteiger partial charge < -0.3 is 10.6 Å². The maximum absolute atomic E-state index is 14.0. The molecule has 1 saturated heterocycles. The summed E-state index contributed by atoms with van der Waals surface area (Å²) in [6, 6.07) is 3.58. The molecule has 2 fully saturated rings. The number of amides is 1. The molecule has 0 bridgehead atoms. The molecule has 1 aromatic rings. The van der Waals surface area contributed by atoms with Crippen molar-refractivity contribution in [3.05, 3.63) is 35.4 Å². The highest BCUT2D eigenvalue weighted by molar-refractivity contribution is 5.80. The van der Waals surface area contributed by atoms with Gasteiger partial charge in [0.05, 0.1) is 5.92 Å². The van der Waals surface area contributed by atoms with Gasteiger partial charge in [-0.25, -0.2) is 8.78 Å². The Bertz CT molecular complexity index is 656. The maximum atomic E-state index is 14.0. The molecule has 4 nitrogen and oxygen atoms in total. The third-order valence-electron chi connectivity index (χ3n) is 6.14. The van der Waals surface area contributed by atoms with Crippen molar-refractivity contribution in [2.45, 2.75) is 51.1 Å². The number of hydrogen-bond donors (Lipinski definition) is 1. The maximum Gasteiger partial charge on any atom is 0.227 e. The Morgan fingerprint density at radius 2 is 1.92 bits per heavy atom. The lowest BCUT2D eigenvalue weighted by molar-refractivity contribution is -0.141. The number of halogens is 2. The Morgan fingerprint density at radius 1 is 1.23 bits per heavy atom. The lowest BCUT2D eigenvalue weighted by Gasteiger charge is -2.43. The first-order valence-corrected chi connectivity index (χ1v) is 9.56. The van der Waals surface area contributed by atoms with E-state index < -0.39 is 17.2 Å². The molecule has 1 aromatic carbocycles. The Hall–Kier alpha value is -1.53. The first-order valence-electron chi connectivity index (χ1n) is 9.56. The number of benzene rings is 1. The van der Waals surface area contributed by atoms with Gasteiger partial charge in [0.1, 0.15) is 11.6 Å². The van der Waals surface area contributed by atoms with Crippen LogP contribution in [0, 0.1) is 17.6 Å². The fourth-order valence-electron chi connectivity index (χ4n) is 4.35. The first kappa shape index (κ1) is 19.2. The lowest BCUT2D eigenvalue weighted by atomic mass is 9.74. The van der Waals surface area contributed by atoms with Gasteiger partial charge in [0, 0.05) is 49.4 Å². The molecule has 2 N–H and O–H groups in total. The van der Waals surface area contributed by atoms with Crippen molar-refractivity contribution >= 4 is 5.91 Å². The van der Waals surface area contributed by atoms with Gasteiger partial charge in [-0.3, -0.25) is 9.69 Å². The van der Waals surface area contributed by atoms with Crippen LogP contribution in [0.3, 0.4) is 0 Å². The van der Waals surface area contributed by atoms with Gasteiger partial charge in [-0.2, -0.15) is 0 Å². The highest BCUT2D eigenvalue weighted by Crippen LogP contribution is 2.33. The third-order valence-corrected chi connectivity index (χ3v) is 6.14. The zero-order chi connectivity index (χ0) is 18.9. The Kier molecular flexibility index (Phi) is 5.63. The van der Waals surface area contributed by atoms with Crippen LogP contribution >= 0.6 is 0 Å². The van der Waals surface area contributed by atoms with Gasteiger partial charge in [0.25, 0.3) is 0 Å². The van der Waals surface area contributed by atoms with Gasteiger partial charge in [0.15, 0.2) is 0 Å². The Labute approximate surface area is 154 Å². The van der Waals surface area contributed by atoms with Crippen molar-refractivity contribution in [2.75, 3.05) is 26.2 Å². The van der Waals surface area contributed by atoms with Gasteiger partial charge in [-0.1, -0.05) is 18.9 Å². The van der Waals surface area contributed by atoms with E-state index >= 15 is 0 Å². The summed E-state index contributed by atoms with van der Waals surface area (Å²) >= 11 is 0. The molecule has 2 aliphatic rings. The largest absolute Gasteiger partial charge is 0.340 e. The summed E-state index contributed by atoms with van der Waals surface area (Å²) in [6.07, 6.45) is 3.91. The number of carbonyl (C=O) groups excluding carboxylic acids is 1. The molecule has 1 aliphatic carbocycles. The number of nitrogens with two attached hydrogens (primary N) is 1. The average molecular weight is 365 g/mol. The summed E-state index contributed by atoms with van der Waals surface area (Å²) in [5.74, 6) is -1.02. The van der Waals surface area contributed by atoms with E-state index in [0.717, 1.165) is 31.7 Å². The van der Waals surface area contributed by atoms with Crippen molar-refractivity contribution in [3.63, 3.8) is 0 Å². The number of nitrogens with zero attached hydrogens (tertiary/aromatic N) is 2. The first-order chi connectivity index (χ1) is 12.3. The van der Waals surface area contributed by atoms with E-state index in [1.165, 1.54) is 12.1 Å². The third kappa shape index (κ3) is 3.91. The predicted molar refractivity (Wildman–Crippen MR) is 97.5 cm³/mol. The Balaban J connectivity index is 1.61. The Morgan fingerprint density at radius 3 is 2.54 bits per heavy atom. The van der Waals surface area contributed by atoms with Crippen LogP contribution in [0.2, 0.25) is 0 Å². The van der Waals surface area contributed by atoms with E-state index in [9.17, 15) is 13.6 Å². The summed E-state index contributed by atoms with van der Waals surface area (Å²) in [7, 11) is 0. The molecule has 3 unspecified atom stereocenters. The molecule has 3 rings (SSSR count). The number of hydrogen-bond acceptors (Lipinski definition) is 3.